The molecule has 0 radical (unpaired) electrons. The van der Waals surface area contributed by atoms with Crippen LogP contribution in [0.3, 0.4) is 0 Å². The molecule has 4 nitrogen and oxygen atoms in total. The fourth-order valence-electron chi connectivity index (χ4n) is 2.28. The zero-order chi connectivity index (χ0) is 12.1. The van der Waals surface area contributed by atoms with E-state index in [-0.39, 0.29) is 5.91 Å². The number of nitrogens with one attached hydrogen (secondary N) is 1. The van der Waals surface area contributed by atoms with Crippen molar-refractivity contribution in [3.05, 3.63) is 24.2 Å². The first-order chi connectivity index (χ1) is 8.26. The van der Waals surface area contributed by atoms with Crippen LogP contribution in [0, 0.1) is 11.3 Å². The van der Waals surface area contributed by atoms with Gasteiger partial charge >= 0.3 is 0 Å². The second-order valence-electron chi connectivity index (χ2n) is 4.57. The Labute approximate surface area is 101 Å². The molecule has 1 aliphatic rings. The minimum absolute atomic E-state index is 0.220. The molecule has 0 aromatic carbocycles. The average molecular weight is 232 g/mol. The predicted octanol–water partition coefficient (Wildman–Crippen LogP) is 2.63. The van der Waals surface area contributed by atoms with Gasteiger partial charge < -0.3 is 9.73 Å². The third kappa shape index (κ3) is 2.68. The maximum absolute atomic E-state index is 11.9. The molecule has 1 heterocycles. The number of furan rings is 1. The molecule has 1 saturated carbocycles. The maximum Gasteiger partial charge on any atom is 0.255 e. The Kier molecular flexibility index (Phi) is 3.48. The summed E-state index contributed by atoms with van der Waals surface area (Å²) >= 11 is 0. The second kappa shape index (κ2) is 5.05. The van der Waals surface area contributed by atoms with Crippen LogP contribution in [0.4, 0.5) is 0 Å². The second-order valence-corrected chi connectivity index (χ2v) is 4.57. The normalized spacial score (nSPS) is 19.0. The molecule has 0 atom stereocenters. The fourth-order valence-corrected chi connectivity index (χ4v) is 2.28. The minimum atomic E-state index is -0.690. The number of nitrogens with zero attached hydrogens (tertiary/aromatic N) is 1. The highest BCUT2D eigenvalue weighted by atomic mass is 16.3. The summed E-state index contributed by atoms with van der Waals surface area (Å²) in [6.07, 6.45) is 8.63. The molecule has 0 aliphatic heterocycles. The summed E-state index contributed by atoms with van der Waals surface area (Å²) in [5, 5.41) is 12.2. The molecule has 1 aromatic heterocycles. The molecule has 17 heavy (non-hydrogen) atoms. The molecule has 0 bridgehead atoms. The lowest BCUT2D eigenvalue weighted by atomic mass is 9.91. The Morgan fingerprint density at radius 3 is 2.59 bits per heavy atom. The molecule has 1 fully saturated rings. The van der Waals surface area contributed by atoms with Gasteiger partial charge in [-0.25, -0.2) is 0 Å². The topological polar surface area (TPSA) is 66.0 Å². The van der Waals surface area contributed by atoms with E-state index in [1.54, 1.807) is 6.07 Å². The van der Waals surface area contributed by atoms with E-state index < -0.39 is 5.54 Å². The summed E-state index contributed by atoms with van der Waals surface area (Å²) < 4.78 is 4.87. The van der Waals surface area contributed by atoms with E-state index in [9.17, 15) is 10.1 Å². The lowest BCUT2D eigenvalue weighted by Crippen LogP contribution is -2.46. The zero-order valence-corrected chi connectivity index (χ0v) is 9.74. The first-order valence-corrected chi connectivity index (χ1v) is 6.02. The van der Waals surface area contributed by atoms with Gasteiger partial charge in [-0.1, -0.05) is 25.7 Å². The SMILES string of the molecule is N#CC1(NC(=O)c2ccoc2)CCCCCC1. The van der Waals surface area contributed by atoms with Crippen molar-refractivity contribution < 1.29 is 9.21 Å². The summed E-state index contributed by atoms with van der Waals surface area (Å²) in [5.41, 5.74) is -0.214. The summed E-state index contributed by atoms with van der Waals surface area (Å²) in [4.78, 5) is 11.9. The van der Waals surface area contributed by atoms with E-state index in [1.165, 1.54) is 12.5 Å². The molecule has 4 heteroatoms. The van der Waals surface area contributed by atoms with Crippen LogP contribution in [0.25, 0.3) is 0 Å². The van der Waals surface area contributed by atoms with E-state index >= 15 is 0 Å². The van der Waals surface area contributed by atoms with Gasteiger partial charge in [-0.15, -0.1) is 0 Å². The Morgan fingerprint density at radius 2 is 2.06 bits per heavy atom. The van der Waals surface area contributed by atoms with Gasteiger partial charge in [0.15, 0.2) is 0 Å². The molecular formula is C13H16N2O2. The summed E-state index contributed by atoms with van der Waals surface area (Å²) in [6.45, 7) is 0. The van der Waals surface area contributed by atoms with Gasteiger partial charge in [0.2, 0.25) is 0 Å². The third-order valence-electron chi connectivity index (χ3n) is 3.31. The summed E-state index contributed by atoms with van der Waals surface area (Å²) in [5.74, 6) is -0.220. The smallest absolute Gasteiger partial charge is 0.255 e. The van der Waals surface area contributed by atoms with Crippen LogP contribution in [0.2, 0.25) is 0 Å². The highest BCUT2D eigenvalue weighted by Gasteiger charge is 2.32. The van der Waals surface area contributed by atoms with Crippen molar-refractivity contribution in [3.8, 4) is 6.07 Å². The molecule has 0 spiro atoms. The third-order valence-corrected chi connectivity index (χ3v) is 3.31. The maximum atomic E-state index is 11.9. The van der Waals surface area contributed by atoms with E-state index in [0.717, 1.165) is 38.5 Å². The van der Waals surface area contributed by atoms with E-state index in [0.29, 0.717) is 5.56 Å². The van der Waals surface area contributed by atoms with Crippen molar-refractivity contribution in [2.75, 3.05) is 0 Å². The summed E-state index contributed by atoms with van der Waals surface area (Å²) in [6, 6.07) is 3.90. The molecule has 0 unspecified atom stereocenters. The minimum Gasteiger partial charge on any atom is -0.472 e. The first-order valence-electron chi connectivity index (χ1n) is 6.02. The van der Waals surface area contributed by atoms with Crippen LogP contribution < -0.4 is 5.32 Å². The largest absolute Gasteiger partial charge is 0.472 e. The van der Waals surface area contributed by atoms with Crippen LogP contribution in [0.15, 0.2) is 23.0 Å². The quantitative estimate of drug-likeness (QED) is 0.797. The number of amides is 1. The van der Waals surface area contributed by atoms with Crippen molar-refractivity contribution in [2.45, 2.75) is 44.1 Å². The Balaban J connectivity index is 2.09. The molecule has 1 aromatic rings. The average Bonchev–Trinajstić information content (AvgIpc) is 2.78. The van der Waals surface area contributed by atoms with Gasteiger partial charge in [-0.05, 0) is 18.9 Å². The van der Waals surface area contributed by atoms with Gasteiger partial charge in [-0.3, -0.25) is 4.79 Å². The van der Waals surface area contributed by atoms with Crippen molar-refractivity contribution in [2.24, 2.45) is 0 Å². The van der Waals surface area contributed by atoms with Crippen LogP contribution in [0.5, 0.6) is 0 Å². The first kappa shape index (κ1) is 11.7. The molecule has 2 rings (SSSR count). The summed E-state index contributed by atoms with van der Waals surface area (Å²) in [7, 11) is 0. The molecular weight excluding hydrogens is 216 g/mol. The monoisotopic (exact) mass is 232 g/mol. The van der Waals surface area contributed by atoms with Gasteiger partial charge in [-0.2, -0.15) is 5.26 Å². The van der Waals surface area contributed by atoms with Crippen molar-refractivity contribution in [3.63, 3.8) is 0 Å². The van der Waals surface area contributed by atoms with E-state index in [2.05, 4.69) is 11.4 Å². The van der Waals surface area contributed by atoms with Crippen LogP contribution in [-0.2, 0) is 0 Å². The van der Waals surface area contributed by atoms with Gasteiger partial charge in [0.1, 0.15) is 11.8 Å². The number of hydrogen-bond donors (Lipinski definition) is 1. The molecule has 0 saturated heterocycles. The Morgan fingerprint density at radius 1 is 1.35 bits per heavy atom. The number of carbonyl (C=O) groups is 1. The zero-order valence-electron chi connectivity index (χ0n) is 9.74. The van der Waals surface area contributed by atoms with Crippen LogP contribution >= 0.6 is 0 Å². The molecule has 90 valence electrons. The van der Waals surface area contributed by atoms with Crippen LogP contribution in [-0.4, -0.2) is 11.4 Å². The lowest BCUT2D eigenvalue weighted by Gasteiger charge is -2.25. The molecule has 1 amide bonds. The number of hydrogen-bond acceptors (Lipinski definition) is 3. The number of nitriles is 1. The molecule has 1 aliphatic carbocycles. The predicted molar refractivity (Wildman–Crippen MR) is 62.2 cm³/mol. The lowest BCUT2D eigenvalue weighted by molar-refractivity contribution is 0.0912. The van der Waals surface area contributed by atoms with E-state index in [4.69, 9.17) is 4.42 Å². The van der Waals surface area contributed by atoms with Crippen LogP contribution in [0.1, 0.15) is 48.9 Å². The fraction of sp³-hybridized carbons (Fsp3) is 0.538. The van der Waals surface area contributed by atoms with Crippen molar-refractivity contribution >= 4 is 5.91 Å². The Hall–Kier alpha value is -1.76. The highest BCUT2D eigenvalue weighted by Crippen LogP contribution is 2.26. The van der Waals surface area contributed by atoms with Crippen molar-refractivity contribution in [1.29, 1.82) is 5.26 Å². The van der Waals surface area contributed by atoms with E-state index in [1.807, 2.05) is 0 Å². The standard InChI is InChI=1S/C13H16N2O2/c14-10-13(6-3-1-2-4-7-13)15-12(16)11-5-8-17-9-11/h5,8-9H,1-4,6-7H2,(H,15,16). The number of carbonyl (C=O) groups excluding carboxylic acids is 1. The molecule has 1 N–H and O–H groups in total. The van der Waals surface area contributed by atoms with Gasteiger partial charge in [0, 0.05) is 0 Å². The number of rotatable bonds is 2. The highest BCUT2D eigenvalue weighted by molar-refractivity contribution is 5.94. The van der Waals surface area contributed by atoms with Gasteiger partial charge in [0.25, 0.3) is 5.91 Å². The van der Waals surface area contributed by atoms with Gasteiger partial charge in [0.05, 0.1) is 17.9 Å². The van der Waals surface area contributed by atoms with Crippen molar-refractivity contribution in [1.82, 2.24) is 5.32 Å². The Bertz CT molecular complexity index is 409.